The lowest BCUT2D eigenvalue weighted by Gasteiger charge is -2.07. The molecule has 0 unspecified atom stereocenters. The van der Waals surface area contributed by atoms with Crippen LogP contribution in [0.4, 0.5) is 0 Å². The molecule has 110 valence electrons. The van der Waals surface area contributed by atoms with E-state index >= 15 is 0 Å². The van der Waals surface area contributed by atoms with Crippen molar-refractivity contribution in [3.63, 3.8) is 0 Å². The normalized spacial score (nSPS) is 10.3. The topological polar surface area (TPSA) is 55.1 Å². The monoisotopic (exact) mass is 302 g/mol. The summed E-state index contributed by atoms with van der Waals surface area (Å²) in [6.07, 6.45) is 1.12. The Kier molecular flexibility index (Phi) is 5.73. The first-order chi connectivity index (χ1) is 10.2. The number of aryl methyl sites for hydroxylation is 1. The number of hydrogen-bond donors (Lipinski definition) is 0. The van der Waals surface area contributed by atoms with Gasteiger partial charge in [-0.3, -0.25) is 0 Å². The van der Waals surface area contributed by atoms with Gasteiger partial charge in [-0.2, -0.15) is 5.26 Å². The molecule has 1 aromatic carbocycles. The van der Waals surface area contributed by atoms with Gasteiger partial charge in [-0.1, -0.05) is 18.2 Å². The number of para-hydroxylation sites is 1. The molecule has 0 spiro atoms. The van der Waals surface area contributed by atoms with E-state index in [-0.39, 0.29) is 0 Å². The van der Waals surface area contributed by atoms with Gasteiger partial charge >= 0.3 is 0 Å². The highest BCUT2D eigenvalue weighted by Gasteiger charge is 2.11. The first-order valence-corrected chi connectivity index (χ1v) is 7.58. The lowest BCUT2D eigenvalue weighted by atomic mass is 10.2. The van der Waals surface area contributed by atoms with Crippen LogP contribution >= 0.6 is 11.3 Å². The molecule has 0 aliphatic heterocycles. The van der Waals surface area contributed by atoms with Crippen LogP contribution < -0.4 is 4.74 Å². The zero-order valence-corrected chi connectivity index (χ0v) is 13.1. The van der Waals surface area contributed by atoms with Crippen LogP contribution in [0.2, 0.25) is 0 Å². The Bertz CT molecular complexity index is 631. The van der Waals surface area contributed by atoms with E-state index in [9.17, 15) is 0 Å². The van der Waals surface area contributed by atoms with Crippen molar-refractivity contribution in [3.05, 3.63) is 45.4 Å². The van der Waals surface area contributed by atoms with E-state index in [2.05, 4.69) is 11.1 Å². The summed E-state index contributed by atoms with van der Waals surface area (Å²) in [5, 5.41) is 9.83. The van der Waals surface area contributed by atoms with Gasteiger partial charge in [0.05, 0.1) is 36.4 Å². The minimum absolute atomic E-state index is 0.384. The Balaban J connectivity index is 1.95. The summed E-state index contributed by atoms with van der Waals surface area (Å²) in [4.78, 5) is 5.53. The Morgan fingerprint density at radius 2 is 2.14 bits per heavy atom. The summed E-state index contributed by atoms with van der Waals surface area (Å²) in [5.74, 6) is 0.906. The summed E-state index contributed by atoms with van der Waals surface area (Å²) < 4.78 is 10.9. The highest BCUT2D eigenvalue weighted by molar-refractivity contribution is 7.11. The van der Waals surface area contributed by atoms with Gasteiger partial charge in [-0.15, -0.1) is 11.3 Å². The lowest BCUT2D eigenvalue weighted by molar-refractivity contribution is 0.181. The SMILES string of the molecule is COCc1nc(CCOc2ccccc2C)sc1CC#N. The molecule has 0 aliphatic rings. The lowest BCUT2D eigenvalue weighted by Crippen LogP contribution is -2.02. The van der Waals surface area contributed by atoms with E-state index in [0.29, 0.717) is 19.6 Å². The second-order valence-electron chi connectivity index (χ2n) is 4.61. The van der Waals surface area contributed by atoms with Crippen LogP contribution in [0.15, 0.2) is 24.3 Å². The van der Waals surface area contributed by atoms with E-state index in [4.69, 9.17) is 14.7 Å². The van der Waals surface area contributed by atoms with E-state index in [1.165, 1.54) is 0 Å². The summed E-state index contributed by atoms with van der Waals surface area (Å²) in [7, 11) is 1.64. The van der Waals surface area contributed by atoms with Gasteiger partial charge in [0.15, 0.2) is 0 Å². The van der Waals surface area contributed by atoms with Crippen LogP contribution in [-0.2, 0) is 24.2 Å². The molecule has 0 saturated carbocycles. The van der Waals surface area contributed by atoms with Crippen molar-refractivity contribution in [1.82, 2.24) is 4.98 Å². The summed E-state index contributed by atoms with van der Waals surface area (Å²) in [6.45, 7) is 3.06. The predicted molar refractivity (Wildman–Crippen MR) is 82.5 cm³/mol. The maximum absolute atomic E-state index is 8.84. The zero-order chi connectivity index (χ0) is 15.1. The number of ether oxygens (including phenoxy) is 2. The Morgan fingerprint density at radius 3 is 2.86 bits per heavy atom. The number of benzene rings is 1. The zero-order valence-electron chi connectivity index (χ0n) is 12.3. The third-order valence-corrected chi connectivity index (χ3v) is 4.17. The quantitative estimate of drug-likeness (QED) is 0.787. The smallest absolute Gasteiger partial charge is 0.122 e. The molecule has 0 atom stereocenters. The van der Waals surface area contributed by atoms with E-state index in [0.717, 1.165) is 33.3 Å². The predicted octanol–water partition coefficient (Wildman–Crippen LogP) is 3.29. The van der Waals surface area contributed by atoms with Crippen LogP contribution in [-0.4, -0.2) is 18.7 Å². The molecule has 2 rings (SSSR count). The highest BCUT2D eigenvalue weighted by atomic mass is 32.1. The Labute approximate surface area is 129 Å². The Hall–Kier alpha value is -1.90. The van der Waals surface area contributed by atoms with Crippen LogP contribution in [0.5, 0.6) is 5.75 Å². The van der Waals surface area contributed by atoms with E-state index in [1.54, 1.807) is 18.4 Å². The molecule has 4 nitrogen and oxygen atoms in total. The molecule has 1 heterocycles. The third-order valence-electron chi connectivity index (χ3n) is 3.01. The van der Waals surface area contributed by atoms with Gasteiger partial charge in [0, 0.05) is 18.4 Å². The maximum atomic E-state index is 8.84. The molecule has 0 aliphatic carbocycles. The number of aromatic nitrogens is 1. The molecule has 0 radical (unpaired) electrons. The van der Waals surface area contributed by atoms with Crippen molar-refractivity contribution in [2.45, 2.75) is 26.4 Å². The average molecular weight is 302 g/mol. The fourth-order valence-electron chi connectivity index (χ4n) is 1.97. The fraction of sp³-hybridized carbons (Fsp3) is 0.375. The molecule has 0 saturated heterocycles. The van der Waals surface area contributed by atoms with Crippen molar-refractivity contribution >= 4 is 11.3 Å². The molecule has 21 heavy (non-hydrogen) atoms. The molecule has 5 heteroatoms. The van der Waals surface area contributed by atoms with Gasteiger partial charge < -0.3 is 9.47 Å². The Morgan fingerprint density at radius 1 is 1.33 bits per heavy atom. The largest absolute Gasteiger partial charge is 0.493 e. The van der Waals surface area contributed by atoms with Crippen molar-refractivity contribution in [3.8, 4) is 11.8 Å². The number of methoxy groups -OCH3 is 1. The van der Waals surface area contributed by atoms with Crippen LogP contribution in [0.1, 0.15) is 21.1 Å². The average Bonchev–Trinajstić information content (AvgIpc) is 2.84. The number of hydrogen-bond acceptors (Lipinski definition) is 5. The van der Waals surface area contributed by atoms with Crippen molar-refractivity contribution in [2.24, 2.45) is 0 Å². The number of thiazole rings is 1. The summed E-state index contributed by atoms with van der Waals surface area (Å²) >= 11 is 1.57. The van der Waals surface area contributed by atoms with E-state index in [1.807, 2.05) is 31.2 Å². The molecule has 2 aromatic rings. The first-order valence-electron chi connectivity index (χ1n) is 6.76. The van der Waals surface area contributed by atoms with Crippen molar-refractivity contribution in [1.29, 1.82) is 5.26 Å². The van der Waals surface area contributed by atoms with Crippen LogP contribution in [0, 0.1) is 18.3 Å². The number of rotatable bonds is 7. The minimum Gasteiger partial charge on any atom is -0.493 e. The second kappa shape index (κ2) is 7.77. The fourth-order valence-corrected chi connectivity index (χ4v) is 2.95. The van der Waals surface area contributed by atoms with Gasteiger partial charge in [-0.05, 0) is 18.6 Å². The molecule has 0 fully saturated rings. The first kappa shape index (κ1) is 15.5. The maximum Gasteiger partial charge on any atom is 0.122 e. The summed E-state index contributed by atoms with van der Waals surface area (Å²) in [5.41, 5.74) is 2.00. The minimum atomic E-state index is 0.384. The number of nitrogens with zero attached hydrogens (tertiary/aromatic N) is 2. The molecule has 0 N–H and O–H groups in total. The second-order valence-corrected chi connectivity index (χ2v) is 5.78. The van der Waals surface area contributed by atoms with Crippen LogP contribution in [0.3, 0.4) is 0 Å². The molecular weight excluding hydrogens is 284 g/mol. The van der Waals surface area contributed by atoms with Crippen molar-refractivity contribution in [2.75, 3.05) is 13.7 Å². The van der Waals surface area contributed by atoms with Gasteiger partial charge in [0.2, 0.25) is 0 Å². The van der Waals surface area contributed by atoms with Gasteiger partial charge in [-0.25, -0.2) is 4.98 Å². The van der Waals surface area contributed by atoms with Crippen LogP contribution in [0.25, 0.3) is 0 Å². The molecule has 0 amide bonds. The van der Waals surface area contributed by atoms with Crippen molar-refractivity contribution < 1.29 is 9.47 Å². The third kappa shape index (κ3) is 4.28. The van der Waals surface area contributed by atoms with Gasteiger partial charge in [0.25, 0.3) is 0 Å². The number of nitriles is 1. The standard InChI is InChI=1S/C16H18N2O2S/c1-12-5-3-4-6-14(12)20-10-8-16-18-13(11-19-2)15(21-16)7-9-17/h3-6H,7-8,10-11H2,1-2H3. The van der Waals surface area contributed by atoms with E-state index < -0.39 is 0 Å². The van der Waals surface area contributed by atoms with Gasteiger partial charge in [0.1, 0.15) is 5.75 Å². The molecule has 1 aromatic heterocycles. The molecular formula is C16H18N2O2S. The molecule has 0 bridgehead atoms. The highest BCUT2D eigenvalue weighted by Crippen LogP contribution is 2.21. The summed E-state index contributed by atoms with van der Waals surface area (Å²) in [6, 6.07) is 10.1.